The van der Waals surface area contributed by atoms with Crippen LogP contribution in [0.2, 0.25) is 10.0 Å². The molecule has 41 heavy (non-hydrogen) atoms. The molecule has 0 spiro atoms. The lowest BCUT2D eigenvalue weighted by Crippen LogP contribution is -2.11. The van der Waals surface area contributed by atoms with Gasteiger partial charge in [-0.15, -0.1) is 22.7 Å². The third-order valence-electron chi connectivity index (χ3n) is 6.17. The first-order valence-electron chi connectivity index (χ1n) is 11.7. The van der Waals surface area contributed by atoms with E-state index in [4.69, 9.17) is 28.2 Å². The van der Waals surface area contributed by atoms with E-state index in [2.05, 4.69) is 10.3 Å². The van der Waals surface area contributed by atoms with Crippen LogP contribution < -0.4 is 11.5 Å². The van der Waals surface area contributed by atoms with E-state index in [0.717, 1.165) is 26.4 Å². The second-order valence-electron chi connectivity index (χ2n) is 8.89. The number of nitrogens with one attached hydrogen (secondary N) is 1. The number of carbonyl (C=O) groups is 1. The van der Waals surface area contributed by atoms with Gasteiger partial charge >= 0.3 is 0 Å². The molecule has 6 rings (SSSR count). The van der Waals surface area contributed by atoms with Gasteiger partial charge in [-0.2, -0.15) is 0 Å². The highest BCUT2D eigenvalue weighted by molar-refractivity contribution is 7.86. The fraction of sp³-hybridized carbons (Fsp3) is 0.0357. The van der Waals surface area contributed by atoms with Crippen LogP contribution in [-0.4, -0.2) is 28.8 Å². The Kier molecular flexibility index (Phi) is 7.88. The van der Waals surface area contributed by atoms with Crippen LogP contribution in [0.3, 0.4) is 0 Å². The second kappa shape index (κ2) is 11.1. The van der Waals surface area contributed by atoms with Crippen molar-refractivity contribution in [3.8, 4) is 21.1 Å². The molecular formula is C28H20Cl2N4O4S3. The average molecular weight is 644 g/mol. The highest BCUT2D eigenvalue weighted by Gasteiger charge is 2.17. The van der Waals surface area contributed by atoms with Gasteiger partial charge < -0.3 is 16.0 Å². The summed E-state index contributed by atoms with van der Waals surface area (Å²) in [5.41, 5.74) is 4.38. The van der Waals surface area contributed by atoms with Gasteiger partial charge in [0.15, 0.2) is 0 Å². The van der Waals surface area contributed by atoms with E-state index in [-0.39, 0.29) is 17.0 Å². The van der Waals surface area contributed by atoms with Gasteiger partial charge in [-0.3, -0.25) is 4.79 Å². The summed E-state index contributed by atoms with van der Waals surface area (Å²) < 4.78 is 36.9. The van der Waals surface area contributed by atoms with Crippen molar-refractivity contribution in [3.05, 3.63) is 94.0 Å². The van der Waals surface area contributed by atoms with Crippen molar-refractivity contribution in [1.82, 2.24) is 16.1 Å². The molecule has 2 heterocycles. The maximum atomic E-state index is 12.6. The molecule has 0 aliphatic carbocycles. The lowest BCUT2D eigenvalue weighted by atomic mass is 10.2. The van der Waals surface area contributed by atoms with Crippen LogP contribution >= 0.6 is 45.9 Å². The van der Waals surface area contributed by atoms with E-state index in [9.17, 15) is 17.8 Å². The number of nitrogens with zero attached hydrogens (tertiary/aromatic N) is 2. The number of carbonyl (C=O) groups excluding carboxylic acids is 1. The van der Waals surface area contributed by atoms with Gasteiger partial charge in [-0.05, 0) is 79.2 Å². The Morgan fingerprint density at radius 2 is 1.49 bits per heavy atom. The van der Waals surface area contributed by atoms with Crippen LogP contribution in [0.5, 0.6) is 0 Å². The van der Waals surface area contributed by atoms with Crippen LogP contribution in [0.1, 0.15) is 15.9 Å². The van der Waals surface area contributed by atoms with E-state index >= 15 is 0 Å². The number of quaternary nitrogens is 1. The summed E-state index contributed by atoms with van der Waals surface area (Å²) in [5.74, 6) is -0.302. The maximum absolute atomic E-state index is 12.6. The van der Waals surface area contributed by atoms with E-state index in [1.165, 1.54) is 28.7 Å². The molecule has 1 amide bonds. The van der Waals surface area contributed by atoms with Crippen molar-refractivity contribution < 1.29 is 17.8 Å². The van der Waals surface area contributed by atoms with Crippen molar-refractivity contribution in [1.29, 1.82) is 0 Å². The number of benzene rings is 4. The molecule has 4 aromatic carbocycles. The summed E-state index contributed by atoms with van der Waals surface area (Å²) >= 11 is 14.6. The van der Waals surface area contributed by atoms with Crippen molar-refractivity contribution in [2.75, 3.05) is 5.32 Å². The monoisotopic (exact) mass is 642 g/mol. The Hall–Kier alpha value is -3.42. The first-order chi connectivity index (χ1) is 19.1. The number of rotatable bonds is 5. The van der Waals surface area contributed by atoms with E-state index in [1.54, 1.807) is 43.3 Å². The minimum absolute atomic E-state index is 0. The number of amides is 1. The topological polar surface area (TPSA) is 149 Å². The quantitative estimate of drug-likeness (QED) is 0.180. The summed E-state index contributed by atoms with van der Waals surface area (Å²) in [4.78, 5) is 21.7. The molecule has 0 saturated heterocycles. The van der Waals surface area contributed by atoms with E-state index < -0.39 is 10.1 Å². The summed E-state index contributed by atoms with van der Waals surface area (Å²) in [5, 5.41) is 4.94. The summed E-state index contributed by atoms with van der Waals surface area (Å²) in [6, 6.07) is 21.1. The smallest absolute Gasteiger partial charge is 0.255 e. The van der Waals surface area contributed by atoms with E-state index in [1.807, 2.05) is 30.3 Å². The molecule has 5 N–H and O–H groups in total. The first kappa shape index (κ1) is 29.1. The number of aryl methyl sites for hydroxylation is 1. The third kappa shape index (κ3) is 5.70. The van der Waals surface area contributed by atoms with Crippen LogP contribution in [0.15, 0.2) is 77.7 Å². The first-order valence-corrected chi connectivity index (χ1v) is 15.5. The van der Waals surface area contributed by atoms with Crippen LogP contribution in [0.25, 0.3) is 41.6 Å². The summed E-state index contributed by atoms with van der Waals surface area (Å²) in [7, 11) is -4.64. The number of aromatic nitrogens is 2. The average Bonchev–Trinajstić information content (AvgIpc) is 3.53. The fourth-order valence-electron chi connectivity index (χ4n) is 4.22. The molecule has 0 fully saturated rings. The predicted octanol–water partition coefficient (Wildman–Crippen LogP) is 8.39. The highest BCUT2D eigenvalue weighted by atomic mass is 35.5. The molecule has 8 nitrogen and oxygen atoms in total. The zero-order valence-electron chi connectivity index (χ0n) is 21.4. The van der Waals surface area contributed by atoms with Gasteiger partial charge in [0.1, 0.15) is 20.1 Å². The summed E-state index contributed by atoms with van der Waals surface area (Å²) in [6.07, 6.45) is 0. The molecular weight excluding hydrogens is 623 g/mol. The zero-order valence-corrected chi connectivity index (χ0v) is 25.4. The standard InChI is InChI=1S/C28H17Cl2N3O4S3.H3N/c1-14-2-10-22-24(25(14)40(35,36)37)39-28(33-22)17-6-11-21-23(13-17)38-27(32-21)15-3-7-18(8-4-15)31-26(34)16-5-9-19(29)20(30)12-16;/h2-13H,1H3,(H,31,34)(H,35,36,37);1H3. The number of hydrogen-bond donors (Lipinski definition) is 2. The molecule has 0 unspecified atom stereocenters. The third-order valence-corrected chi connectivity index (χ3v) is 10.3. The SMILES string of the molecule is Cc1ccc2nc(-c3ccc4nc(-c5ccc(NC(=O)c6ccc(Cl)c(Cl)c6)cc5)sc4c3)sc2c1S(=O)(=O)[O-].[NH4+]. The van der Waals surface area contributed by atoms with Crippen molar-refractivity contribution >= 4 is 88.0 Å². The predicted molar refractivity (Wildman–Crippen MR) is 167 cm³/mol. The Morgan fingerprint density at radius 3 is 2.20 bits per heavy atom. The zero-order chi connectivity index (χ0) is 28.2. The maximum Gasteiger partial charge on any atom is 0.255 e. The van der Waals surface area contributed by atoms with Crippen LogP contribution in [0.4, 0.5) is 5.69 Å². The molecule has 0 bridgehead atoms. The van der Waals surface area contributed by atoms with E-state index in [0.29, 0.717) is 42.1 Å². The van der Waals surface area contributed by atoms with Gasteiger partial charge in [-0.25, -0.2) is 18.4 Å². The van der Waals surface area contributed by atoms with Gasteiger partial charge in [0.25, 0.3) is 5.91 Å². The van der Waals surface area contributed by atoms with Gasteiger partial charge in [0.05, 0.1) is 35.4 Å². The molecule has 0 aliphatic heterocycles. The number of halogens is 2. The van der Waals surface area contributed by atoms with Crippen molar-refractivity contribution in [2.24, 2.45) is 0 Å². The molecule has 0 aliphatic rings. The minimum atomic E-state index is -4.64. The minimum Gasteiger partial charge on any atom is -0.744 e. The molecule has 2 aromatic heterocycles. The van der Waals surface area contributed by atoms with Gasteiger partial charge in [0.2, 0.25) is 0 Å². The normalized spacial score (nSPS) is 11.5. The molecule has 13 heteroatoms. The molecule has 6 aromatic rings. The Morgan fingerprint density at radius 1 is 0.829 bits per heavy atom. The largest absolute Gasteiger partial charge is 0.744 e. The summed E-state index contributed by atoms with van der Waals surface area (Å²) in [6.45, 7) is 1.60. The number of anilines is 1. The Bertz CT molecular complexity index is 2070. The molecule has 0 radical (unpaired) electrons. The number of hydrogen-bond acceptors (Lipinski definition) is 8. The van der Waals surface area contributed by atoms with Gasteiger partial charge in [-0.1, -0.05) is 29.3 Å². The molecule has 208 valence electrons. The van der Waals surface area contributed by atoms with Crippen molar-refractivity contribution in [3.63, 3.8) is 0 Å². The van der Waals surface area contributed by atoms with Gasteiger partial charge in [0, 0.05) is 22.4 Å². The van der Waals surface area contributed by atoms with Crippen LogP contribution in [-0.2, 0) is 10.1 Å². The molecule has 0 atom stereocenters. The Labute approximate surface area is 252 Å². The molecule has 0 saturated carbocycles. The second-order valence-corrected chi connectivity index (χ2v) is 13.1. The Balaban J connectivity index is 0.00000337. The number of thiazole rings is 2. The lowest BCUT2D eigenvalue weighted by Gasteiger charge is -2.10. The fourth-order valence-corrected chi connectivity index (χ4v) is 7.81. The highest BCUT2D eigenvalue weighted by Crippen LogP contribution is 2.38. The van der Waals surface area contributed by atoms with Crippen molar-refractivity contribution in [2.45, 2.75) is 11.8 Å². The van der Waals surface area contributed by atoms with Crippen LogP contribution in [0, 0.1) is 6.92 Å². The lowest BCUT2D eigenvalue weighted by molar-refractivity contribution is 0.102. The number of fused-ring (bicyclic) bond motifs is 2.